The summed E-state index contributed by atoms with van der Waals surface area (Å²) in [5.41, 5.74) is 18.2. The van der Waals surface area contributed by atoms with E-state index in [9.17, 15) is 0 Å². The van der Waals surface area contributed by atoms with Gasteiger partial charge in [0.2, 0.25) is 6.71 Å². The van der Waals surface area contributed by atoms with Crippen LogP contribution in [0.25, 0.3) is 0 Å². The summed E-state index contributed by atoms with van der Waals surface area (Å²) in [5.74, 6) is 0.510. The van der Waals surface area contributed by atoms with Crippen LogP contribution < -0.4 is 21.3 Å². The Morgan fingerprint density at radius 2 is 1.23 bits per heavy atom. The van der Waals surface area contributed by atoms with Crippen LogP contribution in [0.5, 0.6) is 0 Å². The fourth-order valence-corrected chi connectivity index (χ4v) is 6.87. The molecule has 0 aliphatic carbocycles. The Morgan fingerprint density at radius 1 is 0.771 bits per heavy atom. The Morgan fingerprint density at radius 3 is 1.66 bits per heavy atom. The van der Waals surface area contributed by atoms with E-state index in [1.165, 1.54) is 50.3 Å². The van der Waals surface area contributed by atoms with Crippen LogP contribution >= 0.6 is 0 Å². The van der Waals surface area contributed by atoms with Crippen molar-refractivity contribution in [3.05, 3.63) is 105 Å². The van der Waals surface area contributed by atoms with Crippen LogP contribution in [0, 0.1) is 5.92 Å². The van der Waals surface area contributed by atoms with Crippen molar-refractivity contribution in [3.8, 4) is 0 Å². The van der Waals surface area contributed by atoms with E-state index in [1.807, 2.05) is 0 Å². The van der Waals surface area contributed by atoms with Crippen LogP contribution in [-0.4, -0.2) is 12.8 Å². The lowest BCUT2D eigenvalue weighted by atomic mass is 9.28. The van der Waals surface area contributed by atoms with Gasteiger partial charge in [-0.25, -0.2) is 0 Å². The predicted molar refractivity (Wildman–Crippen MR) is 152 cm³/mol. The summed E-state index contributed by atoms with van der Waals surface area (Å²) in [6, 6.07) is 19.5. The van der Waals surface area contributed by atoms with Gasteiger partial charge in [-0.15, -0.1) is 0 Å². The van der Waals surface area contributed by atoms with E-state index in [4.69, 9.17) is 0 Å². The number of nitrogens with zero attached hydrogens (tertiary/aromatic N) is 1. The predicted octanol–water partition coefficient (Wildman–Crippen LogP) is 5.64. The van der Waals surface area contributed by atoms with Crippen molar-refractivity contribution < 1.29 is 0 Å². The molecule has 0 bridgehead atoms. The highest BCUT2D eigenvalue weighted by atomic mass is 15.2. The van der Waals surface area contributed by atoms with Gasteiger partial charge >= 0.3 is 0 Å². The van der Waals surface area contributed by atoms with Crippen molar-refractivity contribution in [2.75, 3.05) is 4.90 Å². The average molecular weight is 457 g/mol. The molecule has 176 valence electrons. The number of anilines is 1. The summed E-state index contributed by atoms with van der Waals surface area (Å²) < 4.78 is 0. The SMILES string of the molecule is C/C=C\C(=C(/C)C(C)C)N(c1cc2c3c(c1)Cc1cccc4c1B3c1c(cccc1C2)C4)C(C)C. The molecule has 3 aromatic carbocycles. The van der Waals surface area contributed by atoms with Gasteiger partial charge in [-0.2, -0.15) is 0 Å². The van der Waals surface area contributed by atoms with Crippen LogP contribution in [0.3, 0.4) is 0 Å². The van der Waals surface area contributed by atoms with E-state index < -0.39 is 0 Å². The summed E-state index contributed by atoms with van der Waals surface area (Å²) in [4.78, 5) is 2.57. The monoisotopic (exact) mass is 457 g/mol. The molecule has 0 fully saturated rings. The number of rotatable bonds is 5. The summed E-state index contributed by atoms with van der Waals surface area (Å²) in [5, 5.41) is 0. The summed E-state index contributed by atoms with van der Waals surface area (Å²) in [7, 11) is 0. The molecule has 0 aromatic heterocycles. The molecule has 0 atom stereocenters. The highest BCUT2D eigenvalue weighted by Gasteiger charge is 2.42. The molecule has 0 unspecified atom stereocenters. The van der Waals surface area contributed by atoms with E-state index in [1.54, 1.807) is 16.4 Å². The third-order valence-electron chi connectivity index (χ3n) is 8.57. The normalized spacial score (nSPS) is 15.6. The molecular weight excluding hydrogens is 421 g/mol. The average Bonchev–Trinajstić information content (AvgIpc) is 2.83. The fourth-order valence-electron chi connectivity index (χ4n) is 6.87. The van der Waals surface area contributed by atoms with Gasteiger partial charge in [-0.05, 0) is 110 Å². The molecule has 0 N–H and O–H groups in total. The molecular formula is C33H36BN. The first-order chi connectivity index (χ1) is 16.9. The maximum atomic E-state index is 2.57. The van der Waals surface area contributed by atoms with E-state index in [0.29, 0.717) is 18.7 Å². The van der Waals surface area contributed by atoms with Crippen LogP contribution in [0.4, 0.5) is 5.69 Å². The Bertz CT molecular complexity index is 1330. The highest BCUT2D eigenvalue weighted by molar-refractivity contribution is 6.98. The number of benzene rings is 3. The molecule has 2 heteroatoms. The standard InChI is InChI=1S/C33H36BN/c1-7-10-30(22(6)20(2)3)35(21(4)5)29-18-27-16-25-13-8-11-23-15-24-12-9-14-26-17-28(19-29)33(27)34(31(23)25)32(24)26/h7-14,18-21H,15-17H2,1-6H3/b10-7-,30-22-. The van der Waals surface area contributed by atoms with Gasteiger partial charge < -0.3 is 4.90 Å². The van der Waals surface area contributed by atoms with E-state index in [-0.39, 0.29) is 0 Å². The zero-order valence-electron chi connectivity index (χ0n) is 22.1. The van der Waals surface area contributed by atoms with Crippen molar-refractivity contribution >= 4 is 28.8 Å². The molecule has 3 aliphatic heterocycles. The van der Waals surface area contributed by atoms with Gasteiger partial charge in [-0.3, -0.25) is 0 Å². The molecule has 0 saturated heterocycles. The largest absolute Gasteiger partial charge is 0.339 e. The van der Waals surface area contributed by atoms with Crippen molar-refractivity contribution in [2.45, 2.75) is 66.8 Å². The third-order valence-corrected chi connectivity index (χ3v) is 8.57. The van der Waals surface area contributed by atoms with Crippen LogP contribution in [0.2, 0.25) is 0 Å². The minimum absolute atomic E-state index is 0.375. The number of hydrogen-bond donors (Lipinski definition) is 0. The van der Waals surface area contributed by atoms with Crippen LogP contribution in [0.1, 0.15) is 74.9 Å². The van der Waals surface area contributed by atoms with E-state index in [0.717, 1.165) is 19.3 Å². The van der Waals surface area contributed by atoms with Gasteiger partial charge in [0.05, 0.1) is 0 Å². The Hall–Kier alpha value is -3.00. The van der Waals surface area contributed by atoms with Gasteiger partial charge in [0.15, 0.2) is 0 Å². The number of hydrogen-bond acceptors (Lipinski definition) is 1. The Kier molecular flexibility index (Phi) is 5.33. The summed E-state index contributed by atoms with van der Waals surface area (Å²) >= 11 is 0. The third kappa shape index (κ3) is 3.37. The Labute approximate surface area is 211 Å². The topological polar surface area (TPSA) is 3.24 Å². The molecule has 6 rings (SSSR count). The molecule has 35 heavy (non-hydrogen) atoms. The second-order valence-corrected chi connectivity index (χ2v) is 11.3. The maximum Gasteiger partial charge on any atom is 0.243 e. The molecule has 1 nitrogen and oxygen atoms in total. The van der Waals surface area contributed by atoms with Gasteiger partial charge in [0, 0.05) is 17.4 Å². The second kappa shape index (κ2) is 8.30. The fraction of sp³-hybridized carbons (Fsp3) is 0.333. The first-order valence-electron chi connectivity index (χ1n) is 13.4. The summed E-state index contributed by atoms with van der Waals surface area (Å²) in [6.07, 6.45) is 7.68. The van der Waals surface area contributed by atoms with Crippen molar-refractivity contribution in [3.63, 3.8) is 0 Å². The van der Waals surface area contributed by atoms with Crippen molar-refractivity contribution in [1.82, 2.24) is 0 Å². The quantitative estimate of drug-likeness (QED) is 0.239. The first kappa shape index (κ1) is 22.5. The zero-order chi connectivity index (χ0) is 24.4. The van der Waals surface area contributed by atoms with Gasteiger partial charge in [0.25, 0.3) is 0 Å². The highest BCUT2D eigenvalue weighted by Crippen LogP contribution is 2.34. The molecule has 0 saturated carbocycles. The first-order valence-corrected chi connectivity index (χ1v) is 13.4. The maximum absolute atomic E-state index is 2.57. The number of allylic oxidation sites excluding steroid dienone is 3. The molecule has 0 amide bonds. The van der Waals surface area contributed by atoms with Crippen LogP contribution in [-0.2, 0) is 19.3 Å². The minimum Gasteiger partial charge on any atom is -0.339 e. The van der Waals surface area contributed by atoms with Crippen LogP contribution in [0.15, 0.2) is 72.0 Å². The van der Waals surface area contributed by atoms with E-state index in [2.05, 4.69) is 107 Å². The lowest BCUT2D eigenvalue weighted by molar-refractivity contribution is 0.713. The lowest BCUT2D eigenvalue weighted by Gasteiger charge is -2.41. The molecule has 3 aromatic rings. The molecule has 0 radical (unpaired) electrons. The second-order valence-electron chi connectivity index (χ2n) is 11.3. The zero-order valence-corrected chi connectivity index (χ0v) is 22.1. The Balaban J connectivity index is 1.59. The molecule has 0 spiro atoms. The van der Waals surface area contributed by atoms with Gasteiger partial charge in [0.1, 0.15) is 0 Å². The smallest absolute Gasteiger partial charge is 0.243 e. The van der Waals surface area contributed by atoms with Crippen molar-refractivity contribution in [2.24, 2.45) is 5.92 Å². The van der Waals surface area contributed by atoms with Gasteiger partial charge in [-0.1, -0.05) is 72.7 Å². The molecule has 3 heterocycles. The summed E-state index contributed by atoms with van der Waals surface area (Å²) in [6.45, 7) is 14.1. The van der Waals surface area contributed by atoms with E-state index >= 15 is 0 Å². The van der Waals surface area contributed by atoms with Crippen molar-refractivity contribution in [1.29, 1.82) is 0 Å². The minimum atomic E-state index is 0.375. The lowest BCUT2D eigenvalue weighted by Crippen LogP contribution is -2.64. The molecule has 3 aliphatic rings.